The summed E-state index contributed by atoms with van der Waals surface area (Å²) in [5, 5.41) is 19.3. The highest BCUT2D eigenvalue weighted by atomic mass is 35.5. The highest BCUT2D eigenvalue weighted by Crippen LogP contribution is 2.37. The van der Waals surface area contributed by atoms with Crippen LogP contribution in [0.15, 0.2) is 48.9 Å². The van der Waals surface area contributed by atoms with Gasteiger partial charge in [0.15, 0.2) is 23.9 Å². The molecule has 0 spiro atoms. The van der Waals surface area contributed by atoms with Crippen LogP contribution in [-0.4, -0.2) is 139 Å². The van der Waals surface area contributed by atoms with Gasteiger partial charge in [0.2, 0.25) is 5.91 Å². The number of quaternary nitrogens is 1. The number of piperidine rings is 1. The normalized spacial score (nSPS) is 20.0. The number of piperazine rings is 1. The van der Waals surface area contributed by atoms with Gasteiger partial charge in [0.25, 0.3) is 11.8 Å². The number of carboxylic acid groups (broad SMARTS) is 1. The molecule has 0 bridgehead atoms. The molecular formula is C39H46ClF3N11O5+. The molecule has 6 heterocycles. The largest absolute Gasteiger partial charge is 0.477 e. The van der Waals surface area contributed by atoms with Gasteiger partial charge in [0.05, 0.1) is 47.7 Å². The number of halogens is 4. The van der Waals surface area contributed by atoms with E-state index in [2.05, 4.69) is 25.7 Å². The van der Waals surface area contributed by atoms with Gasteiger partial charge in [0, 0.05) is 89.1 Å². The second kappa shape index (κ2) is 17.1. The highest BCUT2D eigenvalue weighted by molar-refractivity contribution is 6.34. The first-order valence-electron chi connectivity index (χ1n) is 19.5. The number of nitrogens with two attached hydrogens (primary N) is 1. The van der Waals surface area contributed by atoms with Crippen LogP contribution in [0, 0.1) is 11.8 Å². The van der Waals surface area contributed by atoms with Gasteiger partial charge in [-0.05, 0) is 42.8 Å². The monoisotopic (exact) mass is 840 g/mol. The molecule has 3 aliphatic heterocycles. The number of aromatic nitrogens is 5. The Labute approximate surface area is 342 Å². The van der Waals surface area contributed by atoms with Gasteiger partial charge in [0.1, 0.15) is 0 Å². The quantitative estimate of drug-likeness (QED) is 0.154. The molecule has 3 saturated heterocycles. The molecule has 0 saturated carbocycles. The fourth-order valence-electron chi connectivity index (χ4n) is 8.22. The van der Waals surface area contributed by atoms with Crippen LogP contribution >= 0.6 is 11.6 Å². The van der Waals surface area contributed by atoms with Crippen molar-refractivity contribution in [2.75, 3.05) is 77.3 Å². The number of benzene rings is 1. The third kappa shape index (κ3) is 9.12. The third-order valence-corrected chi connectivity index (χ3v) is 11.8. The second-order valence-corrected chi connectivity index (χ2v) is 15.9. The number of carbonyl (C=O) groups is 4. The van der Waals surface area contributed by atoms with E-state index in [9.17, 15) is 37.5 Å². The number of carbonyl (C=O) groups excluding carboxylic acids is 3. The molecule has 3 aliphatic rings. The summed E-state index contributed by atoms with van der Waals surface area (Å²) in [6.07, 6.45) is 0.839. The summed E-state index contributed by atoms with van der Waals surface area (Å²) in [4.78, 5) is 63.8. The Balaban J connectivity index is 0.955. The number of amides is 3. The van der Waals surface area contributed by atoms with Crippen LogP contribution < -0.4 is 16.4 Å². The van der Waals surface area contributed by atoms with Gasteiger partial charge >= 0.3 is 12.1 Å². The van der Waals surface area contributed by atoms with E-state index in [1.165, 1.54) is 42.2 Å². The number of alkyl halides is 3. The molecule has 1 aromatic carbocycles. The van der Waals surface area contributed by atoms with Crippen molar-refractivity contribution in [1.82, 2.24) is 39.4 Å². The summed E-state index contributed by atoms with van der Waals surface area (Å²) in [7, 11) is 1.41. The number of anilines is 1. The molecule has 4 aromatic rings. The predicted octanol–water partition coefficient (Wildman–Crippen LogP) is 2.91. The van der Waals surface area contributed by atoms with Gasteiger partial charge in [-0.25, -0.2) is 19.4 Å². The van der Waals surface area contributed by atoms with Crippen molar-refractivity contribution >= 4 is 41.0 Å². The summed E-state index contributed by atoms with van der Waals surface area (Å²) < 4.78 is 45.3. The smallest absolute Gasteiger partial charge is 0.435 e. The topological polar surface area (TPSA) is 194 Å². The summed E-state index contributed by atoms with van der Waals surface area (Å²) in [5.74, 6) is -1.61. The van der Waals surface area contributed by atoms with Crippen LogP contribution in [0.25, 0.3) is 17.1 Å². The maximum absolute atomic E-state index is 14.2. The molecule has 314 valence electrons. The van der Waals surface area contributed by atoms with Gasteiger partial charge < -0.3 is 40.3 Å². The zero-order valence-corrected chi connectivity index (χ0v) is 33.2. The summed E-state index contributed by atoms with van der Waals surface area (Å²) in [6, 6.07) is 7.62. The molecule has 0 aliphatic carbocycles. The number of hydrogen-bond donors (Lipinski definition) is 4. The van der Waals surface area contributed by atoms with Crippen molar-refractivity contribution in [3.8, 4) is 17.1 Å². The van der Waals surface area contributed by atoms with Crippen LogP contribution in [0.4, 0.5) is 18.9 Å². The Bertz CT molecular complexity index is 2210. The zero-order chi connectivity index (χ0) is 42.1. The Morgan fingerprint density at radius 1 is 1.02 bits per heavy atom. The van der Waals surface area contributed by atoms with Crippen molar-refractivity contribution < 1.29 is 41.9 Å². The minimum atomic E-state index is -4.82. The van der Waals surface area contributed by atoms with E-state index in [0.717, 1.165) is 36.1 Å². The number of imidazole rings is 1. The number of nitrogens with zero attached hydrogens (tertiary/aromatic N) is 8. The van der Waals surface area contributed by atoms with Gasteiger partial charge in [-0.1, -0.05) is 17.7 Å². The van der Waals surface area contributed by atoms with Crippen LogP contribution in [0.5, 0.6) is 0 Å². The van der Waals surface area contributed by atoms with E-state index in [1.54, 1.807) is 21.9 Å². The minimum absolute atomic E-state index is 0.0119. The molecule has 3 aromatic heterocycles. The SMILES string of the molecule is Cn1c(-c2cn(-c3ccc(CCN)cn3)nc2C(F)(F)F)cnc1C(=O)Nc1ccc(C(=O)N2CCN(C(=O)C3CC[N+](CC(=O)O)(CC4CNC4)CC3)CC2)c(Cl)c1. The van der Waals surface area contributed by atoms with E-state index in [0.29, 0.717) is 75.5 Å². The Kier molecular flexibility index (Phi) is 12.1. The van der Waals surface area contributed by atoms with E-state index in [1.807, 2.05) is 0 Å². The lowest BCUT2D eigenvalue weighted by atomic mass is 9.90. The van der Waals surface area contributed by atoms with E-state index >= 15 is 0 Å². The van der Waals surface area contributed by atoms with E-state index in [4.69, 9.17) is 17.3 Å². The van der Waals surface area contributed by atoms with Crippen LogP contribution in [0.2, 0.25) is 5.02 Å². The average Bonchev–Trinajstić information content (AvgIpc) is 3.81. The van der Waals surface area contributed by atoms with Crippen molar-refractivity contribution in [2.24, 2.45) is 24.6 Å². The molecule has 0 radical (unpaired) electrons. The standard InChI is InChI=1S/C39H45ClF3N11O5/c1-50-31(29-21-53(49-34(29)39(41,42)43)32-5-2-24(6-9-44)19-46-32)20-47-35(50)36(57)48-27-3-4-28(30(40)16-27)38(59)52-12-10-51(11-13-52)37(58)26-7-14-54(15-8-26,23-33(55)56)22-25-17-45-18-25/h2-5,16,19-21,25-26,45H,6-15,17-18,22-23,44H2,1H3,(H-,48,55,56,57,59)/p+1. The second-order valence-electron chi connectivity index (χ2n) is 15.5. The first-order valence-corrected chi connectivity index (χ1v) is 19.8. The first kappa shape index (κ1) is 41.8. The lowest BCUT2D eigenvalue weighted by Crippen LogP contribution is -2.62. The Hall–Kier alpha value is -5.37. The first-order chi connectivity index (χ1) is 28.1. The van der Waals surface area contributed by atoms with Crippen LogP contribution in [-0.2, 0) is 29.2 Å². The lowest BCUT2D eigenvalue weighted by molar-refractivity contribution is -0.929. The number of likely N-dealkylation sites (tertiary alicyclic amines) is 1. The molecule has 3 fully saturated rings. The predicted molar refractivity (Wildman–Crippen MR) is 210 cm³/mol. The summed E-state index contributed by atoms with van der Waals surface area (Å²) >= 11 is 6.55. The summed E-state index contributed by atoms with van der Waals surface area (Å²) in [6.45, 7) is 5.65. The van der Waals surface area contributed by atoms with Gasteiger partial charge in [-0.3, -0.25) is 14.4 Å². The number of rotatable bonds is 12. The average molecular weight is 841 g/mol. The number of hydrogen-bond acceptors (Lipinski definition) is 9. The number of aliphatic carboxylic acids is 1. The Morgan fingerprint density at radius 2 is 1.73 bits per heavy atom. The molecular weight excluding hydrogens is 795 g/mol. The number of pyridine rings is 1. The molecule has 0 atom stereocenters. The van der Waals surface area contributed by atoms with Crippen molar-refractivity contribution in [2.45, 2.75) is 25.4 Å². The van der Waals surface area contributed by atoms with Gasteiger partial charge in [-0.15, -0.1) is 0 Å². The van der Waals surface area contributed by atoms with Crippen molar-refractivity contribution in [3.63, 3.8) is 0 Å². The molecule has 3 amide bonds. The number of carboxylic acids is 1. The van der Waals surface area contributed by atoms with Gasteiger partial charge in [-0.2, -0.15) is 18.3 Å². The van der Waals surface area contributed by atoms with E-state index in [-0.39, 0.29) is 63.5 Å². The van der Waals surface area contributed by atoms with Crippen LogP contribution in [0.3, 0.4) is 0 Å². The van der Waals surface area contributed by atoms with Crippen molar-refractivity contribution in [1.29, 1.82) is 0 Å². The Morgan fingerprint density at radius 3 is 2.32 bits per heavy atom. The maximum atomic E-state index is 14.2. The van der Waals surface area contributed by atoms with Crippen LogP contribution in [0.1, 0.15) is 45.1 Å². The zero-order valence-electron chi connectivity index (χ0n) is 32.4. The molecule has 7 rings (SSSR count). The molecule has 59 heavy (non-hydrogen) atoms. The van der Waals surface area contributed by atoms with E-state index < -0.39 is 23.7 Å². The maximum Gasteiger partial charge on any atom is 0.435 e. The fourth-order valence-corrected chi connectivity index (χ4v) is 8.48. The molecule has 20 heteroatoms. The third-order valence-electron chi connectivity index (χ3n) is 11.5. The lowest BCUT2D eigenvalue weighted by Gasteiger charge is -2.46. The molecule has 0 unspecified atom stereocenters. The highest BCUT2D eigenvalue weighted by Gasteiger charge is 2.42. The number of nitrogens with one attached hydrogen (secondary N) is 2. The molecule has 16 nitrogen and oxygen atoms in total. The fraction of sp³-hybridized carbons (Fsp3) is 0.462. The van der Waals surface area contributed by atoms with Crippen molar-refractivity contribution in [3.05, 3.63) is 76.6 Å². The summed E-state index contributed by atoms with van der Waals surface area (Å²) in [5.41, 5.74) is 5.34. The molecule has 5 N–H and O–H groups in total. The minimum Gasteiger partial charge on any atom is -0.477 e.